The van der Waals surface area contributed by atoms with Crippen LogP contribution in [0.25, 0.3) is 0 Å². The molecule has 60 valence electrons. The van der Waals surface area contributed by atoms with E-state index in [-0.39, 0.29) is 6.09 Å². The average molecular weight is 153 g/mol. The van der Waals surface area contributed by atoms with Crippen LogP contribution in [0, 0.1) is 5.41 Å². The predicted molar refractivity (Wildman–Crippen MR) is 38.1 cm³/mol. The van der Waals surface area contributed by atoms with Crippen LogP contribution in [0.1, 0.15) is 19.3 Å². The van der Waals surface area contributed by atoms with Crippen LogP contribution in [0.5, 0.6) is 0 Å². The quantitative estimate of drug-likeness (QED) is 0.562. The fourth-order valence-electron chi connectivity index (χ4n) is 2.15. The lowest BCUT2D eigenvalue weighted by molar-refractivity contribution is 0.155. The maximum absolute atomic E-state index is 11.1. The van der Waals surface area contributed by atoms with E-state index in [1.807, 2.05) is 4.90 Å². The van der Waals surface area contributed by atoms with Crippen LogP contribution in [0.4, 0.5) is 4.79 Å². The minimum absolute atomic E-state index is 0.0845. The molecule has 2 aliphatic carbocycles. The molecule has 3 heteroatoms. The van der Waals surface area contributed by atoms with Crippen LogP contribution in [0.3, 0.4) is 0 Å². The molecule has 1 heterocycles. The number of amides is 1. The number of hydrogen-bond acceptors (Lipinski definition) is 2. The van der Waals surface area contributed by atoms with Crippen molar-refractivity contribution in [2.75, 3.05) is 13.2 Å². The lowest BCUT2D eigenvalue weighted by Crippen LogP contribution is -2.28. The van der Waals surface area contributed by atoms with E-state index in [4.69, 9.17) is 4.74 Å². The molecule has 11 heavy (non-hydrogen) atoms. The highest BCUT2D eigenvalue weighted by Gasteiger charge is 2.66. The normalized spacial score (nSPS) is 37.6. The van der Waals surface area contributed by atoms with Crippen molar-refractivity contribution in [2.24, 2.45) is 5.41 Å². The number of rotatable bonds is 1. The van der Waals surface area contributed by atoms with Gasteiger partial charge < -0.3 is 9.64 Å². The molecule has 0 bridgehead atoms. The largest absolute Gasteiger partial charge is 0.448 e. The molecular weight excluding hydrogens is 142 g/mol. The Morgan fingerprint density at radius 1 is 1.55 bits per heavy atom. The fourth-order valence-corrected chi connectivity index (χ4v) is 2.15. The van der Waals surface area contributed by atoms with Crippen molar-refractivity contribution < 1.29 is 9.53 Å². The first-order valence-electron chi connectivity index (χ1n) is 4.25. The minimum atomic E-state index is -0.0845. The predicted octanol–water partition coefficient (Wildman–Crippen LogP) is 0.991. The highest BCUT2D eigenvalue weighted by atomic mass is 16.6. The molecule has 2 saturated carbocycles. The van der Waals surface area contributed by atoms with E-state index in [9.17, 15) is 4.79 Å². The molecule has 0 aromatic rings. The molecular formula is C8H11NO2. The Morgan fingerprint density at radius 2 is 2.36 bits per heavy atom. The molecule has 1 amide bonds. The molecule has 0 aromatic carbocycles. The fraction of sp³-hybridized carbons (Fsp3) is 0.875. The third-order valence-electron chi connectivity index (χ3n) is 3.21. The van der Waals surface area contributed by atoms with Gasteiger partial charge in [0.15, 0.2) is 0 Å². The highest BCUT2D eigenvalue weighted by molar-refractivity contribution is 5.70. The molecule has 3 fully saturated rings. The van der Waals surface area contributed by atoms with E-state index < -0.39 is 0 Å². The summed E-state index contributed by atoms with van der Waals surface area (Å²) in [6.07, 6.45) is 3.82. The van der Waals surface area contributed by atoms with Crippen molar-refractivity contribution in [3.8, 4) is 0 Å². The zero-order valence-electron chi connectivity index (χ0n) is 6.38. The molecule has 1 saturated heterocycles. The van der Waals surface area contributed by atoms with Gasteiger partial charge in [0.1, 0.15) is 6.61 Å². The molecule has 0 radical (unpaired) electrons. The van der Waals surface area contributed by atoms with Gasteiger partial charge in [-0.3, -0.25) is 0 Å². The van der Waals surface area contributed by atoms with Crippen molar-refractivity contribution in [1.82, 2.24) is 4.90 Å². The number of carbonyl (C=O) groups excluding carboxylic acids is 1. The van der Waals surface area contributed by atoms with E-state index in [1.54, 1.807) is 0 Å². The molecule has 0 aromatic heterocycles. The number of nitrogens with zero attached hydrogens (tertiary/aromatic N) is 1. The third kappa shape index (κ3) is 0.659. The van der Waals surface area contributed by atoms with Gasteiger partial charge in [0.2, 0.25) is 0 Å². The number of hydrogen-bond donors (Lipinski definition) is 0. The zero-order valence-corrected chi connectivity index (χ0v) is 6.38. The summed E-state index contributed by atoms with van der Waals surface area (Å²) in [5.41, 5.74) is 0.587. The second-order valence-corrected chi connectivity index (χ2v) is 3.89. The summed E-state index contributed by atoms with van der Waals surface area (Å²) < 4.78 is 4.87. The lowest BCUT2D eigenvalue weighted by atomic mass is 10.4. The maximum Gasteiger partial charge on any atom is 0.410 e. The van der Waals surface area contributed by atoms with Gasteiger partial charge >= 0.3 is 6.09 Å². The Morgan fingerprint density at radius 3 is 2.82 bits per heavy atom. The van der Waals surface area contributed by atoms with E-state index in [0.717, 1.165) is 6.54 Å². The number of cyclic esters (lactones) is 1. The van der Waals surface area contributed by atoms with Crippen LogP contribution in [0.15, 0.2) is 0 Å². The van der Waals surface area contributed by atoms with E-state index >= 15 is 0 Å². The topological polar surface area (TPSA) is 29.5 Å². The Bertz CT molecular complexity index is 222. The van der Waals surface area contributed by atoms with Crippen LogP contribution in [-0.4, -0.2) is 30.2 Å². The molecule has 3 rings (SSSR count). The Labute approximate surface area is 65.3 Å². The molecule has 3 aliphatic rings. The van der Waals surface area contributed by atoms with Crippen LogP contribution in [0.2, 0.25) is 0 Å². The zero-order chi connectivity index (χ0) is 7.47. The second-order valence-electron chi connectivity index (χ2n) is 3.89. The monoisotopic (exact) mass is 153 g/mol. The summed E-state index contributed by atoms with van der Waals surface area (Å²) in [4.78, 5) is 13.0. The smallest absolute Gasteiger partial charge is 0.410 e. The molecule has 1 atom stereocenters. The minimum Gasteiger partial charge on any atom is -0.448 e. The van der Waals surface area contributed by atoms with Crippen molar-refractivity contribution in [3.63, 3.8) is 0 Å². The van der Waals surface area contributed by atoms with Gasteiger partial charge in [0, 0.05) is 6.04 Å². The van der Waals surface area contributed by atoms with Crippen molar-refractivity contribution in [3.05, 3.63) is 0 Å². The van der Waals surface area contributed by atoms with Gasteiger partial charge in [-0.15, -0.1) is 0 Å². The summed E-state index contributed by atoms with van der Waals surface area (Å²) >= 11 is 0. The van der Waals surface area contributed by atoms with Gasteiger partial charge in [-0.25, -0.2) is 4.79 Å². The van der Waals surface area contributed by atoms with Crippen molar-refractivity contribution in [2.45, 2.75) is 25.3 Å². The van der Waals surface area contributed by atoms with Crippen molar-refractivity contribution >= 4 is 6.09 Å². The Hall–Kier alpha value is -0.730. The van der Waals surface area contributed by atoms with Gasteiger partial charge in [-0.05, 0) is 24.7 Å². The summed E-state index contributed by atoms with van der Waals surface area (Å²) in [5.74, 6) is 0. The summed E-state index contributed by atoms with van der Waals surface area (Å²) in [6, 6.07) is 0.553. The summed E-state index contributed by atoms with van der Waals surface area (Å²) in [6.45, 7) is 1.43. The van der Waals surface area contributed by atoms with Crippen LogP contribution in [-0.2, 0) is 4.74 Å². The van der Waals surface area contributed by atoms with Gasteiger partial charge in [-0.2, -0.15) is 0 Å². The summed E-state index contributed by atoms with van der Waals surface area (Å²) in [5, 5.41) is 0. The molecule has 3 nitrogen and oxygen atoms in total. The van der Waals surface area contributed by atoms with Gasteiger partial charge in [-0.1, -0.05) is 0 Å². The lowest BCUT2D eigenvalue weighted by Gasteiger charge is -2.10. The van der Waals surface area contributed by atoms with E-state index in [1.165, 1.54) is 19.3 Å². The van der Waals surface area contributed by atoms with E-state index in [0.29, 0.717) is 18.1 Å². The van der Waals surface area contributed by atoms with Crippen molar-refractivity contribution in [1.29, 1.82) is 0 Å². The SMILES string of the molecule is O=C1OCCN1C1CC12CC2. The molecule has 0 N–H and O–H groups in total. The highest BCUT2D eigenvalue weighted by Crippen LogP contribution is 2.68. The molecule has 1 aliphatic heterocycles. The van der Waals surface area contributed by atoms with Gasteiger partial charge in [0.05, 0.1) is 6.54 Å². The first-order chi connectivity index (χ1) is 5.32. The maximum atomic E-state index is 11.1. The molecule has 1 unspecified atom stereocenters. The third-order valence-corrected chi connectivity index (χ3v) is 3.21. The average Bonchev–Trinajstić information content (AvgIpc) is 2.87. The first-order valence-corrected chi connectivity index (χ1v) is 4.25. The van der Waals surface area contributed by atoms with Crippen LogP contribution >= 0.6 is 0 Å². The van der Waals surface area contributed by atoms with E-state index in [2.05, 4.69) is 0 Å². The Balaban J connectivity index is 1.75. The second kappa shape index (κ2) is 1.54. The summed E-state index contributed by atoms with van der Waals surface area (Å²) in [7, 11) is 0. The standard InChI is InChI=1S/C8H11NO2/c10-7-9(3-4-11-7)6-5-8(6)1-2-8/h6H,1-5H2. The van der Waals surface area contributed by atoms with Crippen LogP contribution < -0.4 is 0 Å². The number of ether oxygens (including phenoxy) is 1. The number of carbonyl (C=O) groups is 1. The Kier molecular flexibility index (Phi) is 0.822. The van der Waals surface area contributed by atoms with Gasteiger partial charge in [0.25, 0.3) is 0 Å². The molecule has 1 spiro atoms. The first kappa shape index (κ1) is 5.86.